The van der Waals surface area contributed by atoms with Crippen LogP contribution in [0.4, 0.5) is 0 Å². The van der Waals surface area contributed by atoms with Gasteiger partial charge in [-0.3, -0.25) is 4.90 Å². The van der Waals surface area contributed by atoms with Gasteiger partial charge in [0.05, 0.1) is 12.2 Å². The normalized spacial score (nSPS) is 30.8. The molecule has 0 aromatic carbocycles. The third kappa shape index (κ3) is 3.72. The summed E-state index contributed by atoms with van der Waals surface area (Å²) in [4.78, 5) is 2.22. The second-order valence-corrected chi connectivity index (χ2v) is 5.60. The average molecular weight is 227 g/mol. The number of aliphatic hydroxyl groups excluding tert-OH is 2. The first kappa shape index (κ1) is 12.3. The minimum atomic E-state index is -0.187. The Morgan fingerprint density at radius 3 is 2.56 bits per heavy atom. The van der Waals surface area contributed by atoms with Crippen molar-refractivity contribution in [3.8, 4) is 0 Å². The van der Waals surface area contributed by atoms with Gasteiger partial charge in [-0.15, -0.1) is 0 Å². The Labute approximate surface area is 98.5 Å². The van der Waals surface area contributed by atoms with Gasteiger partial charge in [-0.25, -0.2) is 0 Å². The molecule has 0 aromatic heterocycles. The smallest absolute Gasteiger partial charge is 0.0669 e. The van der Waals surface area contributed by atoms with Crippen LogP contribution in [0.1, 0.15) is 44.9 Å². The van der Waals surface area contributed by atoms with Gasteiger partial charge in [-0.2, -0.15) is 0 Å². The highest BCUT2D eigenvalue weighted by atomic mass is 16.3. The van der Waals surface area contributed by atoms with Crippen LogP contribution in [0.15, 0.2) is 0 Å². The summed E-state index contributed by atoms with van der Waals surface area (Å²) in [5.74, 6) is 0.754. The molecular weight excluding hydrogens is 202 g/mol. The Balaban J connectivity index is 1.67. The fourth-order valence-electron chi connectivity index (χ4n) is 3.20. The van der Waals surface area contributed by atoms with Crippen molar-refractivity contribution < 1.29 is 10.2 Å². The molecule has 1 saturated heterocycles. The van der Waals surface area contributed by atoms with Crippen LogP contribution in [-0.2, 0) is 0 Å². The lowest BCUT2D eigenvalue weighted by Gasteiger charge is -2.32. The van der Waals surface area contributed by atoms with E-state index in [1.54, 1.807) is 0 Å². The van der Waals surface area contributed by atoms with Gasteiger partial charge >= 0.3 is 0 Å². The number of nitrogens with zero attached hydrogens (tertiary/aromatic N) is 1. The van der Waals surface area contributed by atoms with Crippen molar-refractivity contribution >= 4 is 0 Å². The highest BCUT2D eigenvalue weighted by Crippen LogP contribution is 2.28. The largest absolute Gasteiger partial charge is 0.392 e. The molecule has 0 aromatic rings. The molecule has 1 aliphatic carbocycles. The third-order valence-electron chi connectivity index (χ3n) is 4.03. The van der Waals surface area contributed by atoms with Crippen molar-refractivity contribution in [3.63, 3.8) is 0 Å². The summed E-state index contributed by atoms with van der Waals surface area (Å²) in [5, 5.41) is 19.6. The first-order valence-electron chi connectivity index (χ1n) is 6.82. The van der Waals surface area contributed by atoms with E-state index >= 15 is 0 Å². The standard InChI is InChI=1S/C13H25NO2/c15-12-6-3-7-14(9-12)10-13(16)8-11-4-1-2-5-11/h11-13,15-16H,1-10H2/t12-,13?/m0/s1. The lowest BCUT2D eigenvalue weighted by molar-refractivity contribution is 0.0327. The maximum atomic E-state index is 10.0. The number of hydrogen-bond acceptors (Lipinski definition) is 3. The highest BCUT2D eigenvalue weighted by Gasteiger charge is 2.23. The molecule has 16 heavy (non-hydrogen) atoms. The van der Waals surface area contributed by atoms with E-state index in [0.717, 1.165) is 44.8 Å². The zero-order valence-electron chi connectivity index (χ0n) is 10.1. The van der Waals surface area contributed by atoms with Gasteiger partial charge in [0.15, 0.2) is 0 Å². The summed E-state index contributed by atoms with van der Waals surface area (Å²) in [6, 6.07) is 0. The molecule has 2 rings (SSSR count). The average Bonchev–Trinajstić information content (AvgIpc) is 2.70. The van der Waals surface area contributed by atoms with Crippen molar-refractivity contribution in [2.75, 3.05) is 19.6 Å². The van der Waals surface area contributed by atoms with E-state index in [1.807, 2.05) is 0 Å². The van der Waals surface area contributed by atoms with Crippen molar-refractivity contribution in [1.29, 1.82) is 0 Å². The van der Waals surface area contributed by atoms with Crippen molar-refractivity contribution in [2.45, 2.75) is 57.2 Å². The minimum Gasteiger partial charge on any atom is -0.392 e. The van der Waals surface area contributed by atoms with Gasteiger partial charge in [0.25, 0.3) is 0 Å². The molecule has 2 atom stereocenters. The number of aliphatic hydroxyl groups is 2. The summed E-state index contributed by atoms with van der Waals surface area (Å²) in [7, 11) is 0. The molecule has 3 nitrogen and oxygen atoms in total. The first-order chi connectivity index (χ1) is 7.74. The van der Waals surface area contributed by atoms with E-state index in [-0.39, 0.29) is 12.2 Å². The summed E-state index contributed by atoms with van der Waals surface area (Å²) in [6.07, 6.45) is 7.90. The van der Waals surface area contributed by atoms with Crippen LogP contribution in [0.25, 0.3) is 0 Å². The number of piperidine rings is 1. The molecule has 1 heterocycles. The predicted molar refractivity (Wildman–Crippen MR) is 64.3 cm³/mol. The van der Waals surface area contributed by atoms with E-state index in [2.05, 4.69) is 4.90 Å². The second kappa shape index (κ2) is 5.99. The summed E-state index contributed by atoms with van der Waals surface area (Å²) >= 11 is 0. The lowest BCUT2D eigenvalue weighted by atomic mass is 9.99. The highest BCUT2D eigenvalue weighted by molar-refractivity contribution is 4.77. The molecule has 0 spiro atoms. The molecule has 3 heteroatoms. The molecule has 94 valence electrons. The van der Waals surface area contributed by atoms with E-state index in [0.29, 0.717) is 0 Å². The SMILES string of the molecule is OC(CC1CCCC1)CN1CCC[C@H](O)C1. The Bertz CT molecular complexity index is 204. The first-order valence-corrected chi connectivity index (χ1v) is 6.82. The molecule has 2 N–H and O–H groups in total. The Morgan fingerprint density at radius 2 is 1.88 bits per heavy atom. The van der Waals surface area contributed by atoms with Crippen molar-refractivity contribution in [2.24, 2.45) is 5.92 Å². The van der Waals surface area contributed by atoms with E-state index in [1.165, 1.54) is 25.7 Å². The summed E-state index contributed by atoms with van der Waals surface area (Å²) in [5.41, 5.74) is 0. The fraction of sp³-hybridized carbons (Fsp3) is 1.00. The van der Waals surface area contributed by atoms with Crippen LogP contribution >= 0.6 is 0 Å². The van der Waals surface area contributed by atoms with Gasteiger partial charge < -0.3 is 10.2 Å². The summed E-state index contributed by atoms with van der Waals surface area (Å²) < 4.78 is 0. The van der Waals surface area contributed by atoms with Gasteiger partial charge in [-0.1, -0.05) is 25.7 Å². The van der Waals surface area contributed by atoms with Crippen LogP contribution in [0.3, 0.4) is 0 Å². The molecular formula is C13H25NO2. The zero-order valence-corrected chi connectivity index (χ0v) is 10.1. The Kier molecular flexibility index (Phi) is 4.62. The minimum absolute atomic E-state index is 0.174. The van der Waals surface area contributed by atoms with Crippen LogP contribution in [0.2, 0.25) is 0 Å². The van der Waals surface area contributed by atoms with Crippen LogP contribution in [0.5, 0.6) is 0 Å². The quantitative estimate of drug-likeness (QED) is 0.762. The Morgan fingerprint density at radius 1 is 1.12 bits per heavy atom. The van der Waals surface area contributed by atoms with Crippen LogP contribution in [-0.4, -0.2) is 47.0 Å². The van der Waals surface area contributed by atoms with E-state index in [9.17, 15) is 10.2 Å². The molecule has 1 saturated carbocycles. The number of hydrogen-bond donors (Lipinski definition) is 2. The third-order valence-corrected chi connectivity index (χ3v) is 4.03. The van der Waals surface area contributed by atoms with E-state index < -0.39 is 0 Å². The zero-order chi connectivity index (χ0) is 11.4. The topological polar surface area (TPSA) is 43.7 Å². The summed E-state index contributed by atoms with van der Waals surface area (Å²) in [6.45, 7) is 2.55. The predicted octanol–water partition coefficient (Wildman–Crippen LogP) is 1.38. The maximum Gasteiger partial charge on any atom is 0.0669 e. The number of rotatable bonds is 4. The maximum absolute atomic E-state index is 10.0. The van der Waals surface area contributed by atoms with Gasteiger partial charge in [0.2, 0.25) is 0 Å². The molecule has 2 aliphatic rings. The lowest BCUT2D eigenvalue weighted by Crippen LogP contribution is -2.42. The molecule has 1 unspecified atom stereocenters. The number of β-amino-alcohol motifs (C(OH)–C–C–N with tert-alkyl or cyclic N) is 2. The number of likely N-dealkylation sites (tertiary alicyclic amines) is 1. The molecule has 0 amide bonds. The monoisotopic (exact) mass is 227 g/mol. The second-order valence-electron chi connectivity index (χ2n) is 5.60. The van der Waals surface area contributed by atoms with Crippen molar-refractivity contribution in [3.05, 3.63) is 0 Å². The van der Waals surface area contributed by atoms with Gasteiger partial charge in [-0.05, 0) is 31.7 Å². The molecule has 0 radical (unpaired) electrons. The van der Waals surface area contributed by atoms with Crippen molar-refractivity contribution in [1.82, 2.24) is 4.90 Å². The van der Waals surface area contributed by atoms with Crippen LogP contribution < -0.4 is 0 Å². The van der Waals surface area contributed by atoms with Gasteiger partial charge in [0, 0.05) is 13.1 Å². The van der Waals surface area contributed by atoms with Gasteiger partial charge in [0.1, 0.15) is 0 Å². The molecule has 1 aliphatic heterocycles. The van der Waals surface area contributed by atoms with Crippen LogP contribution in [0, 0.1) is 5.92 Å². The van der Waals surface area contributed by atoms with E-state index in [4.69, 9.17) is 0 Å². The molecule has 2 fully saturated rings. The fourth-order valence-corrected chi connectivity index (χ4v) is 3.20. The molecule has 0 bridgehead atoms. The Hall–Kier alpha value is -0.120.